The summed E-state index contributed by atoms with van der Waals surface area (Å²) < 4.78 is 16.7. The van der Waals surface area contributed by atoms with E-state index in [0.29, 0.717) is 22.6 Å². The number of carbonyl (C=O) groups excluding carboxylic acids is 1. The van der Waals surface area contributed by atoms with Crippen molar-refractivity contribution in [1.29, 1.82) is 0 Å². The zero-order valence-corrected chi connectivity index (χ0v) is 13.9. The number of aryl methyl sites for hydroxylation is 1. The second-order valence-corrected chi connectivity index (χ2v) is 6.07. The largest absolute Gasteiger partial charge is 0.496 e. The molecule has 3 aromatic rings. The number of ether oxygens (including phenoxy) is 2. The highest BCUT2D eigenvalue weighted by Gasteiger charge is 2.30. The average molecular weight is 336 g/mol. The van der Waals surface area contributed by atoms with Crippen molar-refractivity contribution in [3.05, 3.63) is 69.6 Å². The maximum absolute atomic E-state index is 12.7. The van der Waals surface area contributed by atoms with Gasteiger partial charge in [-0.3, -0.25) is 4.79 Å². The summed E-state index contributed by atoms with van der Waals surface area (Å²) in [4.78, 5) is 24.3. The summed E-state index contributed by atoms with van der Waals surface area (Å²) in [5, 5.41) is 0.742. The fraction of sp³-hybridized carbons (Fsp3) is 0.200. The van der Waals surface area contributed by atoms with Crippen LogP contribution in [-0.4, -0.2) is 12.9 Å². The summed E-state index contributed by atoms with van der Waals surface area (Å²) in [6, 6.07) is 12.2. The molecule has 1 aromatic heterocycles. The molecule has 0 amide bonds. The number of hydrogen-bond acceptors (Lipinski definition) is 5. The number of para-hydroxylation sites is 1. The number of Topliss-reactive ketones (excluding diaryl/α,β-unsaturated/α-hetero) is 1. The molecule has 5 nitrogen and oxygen atoms in total. The van der Waals surface area contributed by atoms with Crippen molar-refractivity contribution in [3.8, 4) is 11.5 Å². The first-order valence-corrected chi connectivity index (χ1v) is 7.98. The van der Waals surface area contributed by atoms with E-state index in [1.807, 2.05) is 31.2 Å². The lowest BCUT2D eigenvalue weighted by molar-refractivity contribution is 0.0847. The van der Waals surface area contributed by atoms with Crippen molar-refractivity contribution in [2.75, 3.05) is 7.11 Å². The molecule has 25 heavy (non-hydrogen) atoms. The van der Waals surface area contributed by atoms with Gasteiger partial charge in [0.05, 0.1) is 19.1 Å². The number of rotatable bonds is 2. The number of ketones is 1. The van der Waals surface area contributed by atoms with Crippen molar-refractivity contribution >= 4 is 16.8 Å². The van der Waals surface area contributed by atoms with Gasteiger partial charge in [0.2, 0.25) is 0 Å². The molecule has 2 aromatic carbocycles. The molecule has 0 saturated carbocycles. The van der Waals surface area contributed by atoms with E-state index in [1.54, 1.807) is 19.2 Å². The Morgan fingerprint density at radius 2 is 1.92 bits per heavy atom. The van der Waals surface area contributed by atoms with Gasteiger partial charge < -0.3 is 13.9 Å². The van der Waals surface area contributed by atoms with E-state index in [0.717, 1.165) is 16.5 Å². The van der Waals surface area contributed by atoms with E-state index in [1.165, 1.54) is 6.07 Å². The van der Waals surface area contributed by atoms with Crippen molar-refractivity contribution < 1.29 is 18.7 Å². The van der Waals surface area contributed by atoms with Crippen LogP contribution in [0.15, 0.2) is 51.7 Å². The summed E-state index contributed by atoms with van der Waals surface area (Å²) in [7, 11) is 1.59. The summed E-state index contributed by atoms with van der Waals surface area (Å²) in [6.45, 7) is 1.82. The number of benzene rings is 2. The van der Waals surface area contributed by atoms with Gasteiger partial charge in [-0.15, -0.1) is 0 Å². The van der Waals surface area contributed by atoms with Gasteiger partial charge in [0.1, 0.15) is 23.2 Å². The van der Waals surface area contributed by atoms with Gasteiger partial charge in [0.15, 0.2) is 5.78 Å². The van der Waals surface area contributed by atoms with Crippen LogP contribution in [0.4, 0.5) is 0 Å². The monoisotopic (exact) mass is 336 g/mol. The smallest absolute Gasteiger partial charge is 0.336 e. The lowest BCUT2D eigenvalue weighted by Crippen LogP contribution is -2.21. The van der Waals surface area contributed by atoms with Crippen LogP contribution in [0.2, 0.25) is 0 Å². The highest BCUT2D eigenvalue weighted by molar-refractivity contribution is 6.03. The van der Waals surface area contributed by atoms with Gasteiger partial charge in [-0.25, -0.2) is 4.79 Å². The third-order valence-electron chi connectivity index (χ3n) is 4.48. The average Bonchev–Trinajstić information content (AvgIpc) is 2.60. The van der Waals surface area contributed by atoms with Gasteiger partial charge in [0, 0.05) is 23.1 Å². The Morgan fingerprint density at radius 1 is 1.12 bits per heavy atom. The molecule has 126 valence electrons. The molecule has 1 aliphatic heterocycles. The van der Waals surface area contributed by atoms with E-state index in [4.69, 9.17) is 13.9 Å². The fourth-order valence-electron chi connectivity index (χ4n) is 3.24. The van der Waals surface area contributed by atoms with Gasteiger partial charge in [0.25, 0.3) is 0 Å². The number of methoxy groups -OCH3 is 1. The predicted molar refractivity (Wildman–Crippen MR) is 92.5 cm³/mol. The van der Waals surface area contributed by atoms with Crippen LogP contribution in [0.25, 0.3) is 11.0 Å². The SMILES string of the molecule is COc1ccccc1C1CC(=O)c2cc3c(C)cc(=O)oc3cc2O1. The maximum atomic E-state index is 12.7. The minimum atomic E-state index is -0.440. The zero-order chi connectivity index (χ0) is 17.6. The first kappa shape index (κ1) is 15.4. The zero-order valence-electron chi connectivity index (χ0n) is 13.9. The molecule has 4 rings (SSSR count). The highest BCUT2D eigenvalue weighted by Crippen LogP contribution is 2.40. The molecule has 1 unspecified atom stereocenters. The van der Waals surface area contributed by atoms with Crippen molar-refractivity contribution in [3.63, 3.8) is 0 Å². The van der Waals surface area contributed by atoms with E-state index in [9.17, 15) is 9.59 Å². The highest BCUT2D eigenvalue weighted by atomic mass is 16.5. The summed E-state index contributed by atoms with van der Waals surface area (Å²) in [5.74, 6) is 1.09. The first-order valence-electron chi connectivity index (χ1n) is 7.98. The Morgan fingerprint density at radius 3 is 2.72 bits per heavy atom. The lowest BCUT2D eigenvalue weighted by Gasteiger charge is -2.26. The number of carbonyl (C=O) groups is 1. The predicted octanol–water partition coefficient (Wildman–Crippen LogP) is 3.82. The molecule has 0 bridgehead atoms. The molecule has 0 aliphatic carbocycles. The molecule has 0 spiro atoms. The molecule has 2 heterocycles. The second kappa shape index (κ2) is 5.77. The van der Waals surface area contributed by atoms with E-state index < -0.39 is 11.7 Å². The molecule has 0 radical (unpaired) electrons. The molecular weight excluding hydrogens is 320 g/mol. The van der Waals surface area contributed by atoms with Crippen LogP contribution in [0.5, 0.6) is 11.5 Å². The van der Waals surface area contributed by atoms with E-state index in [-0.39, 0.29) is 12.2 Å². The minimum Gasteiger partial charge on any atom is -0.496 e. The molecule has 0 saturated heterocycles. The quantitative estimate of drug-likeness (QED) is 0.666. The molecule has 1 aliphatic rings. The van der Waals surface area contributed by atoms with Crippen LogP contribution >= 0.6 is 0 Å². The number of hydrogen-bond donors (Lipinski definition) is 0. The van der Waals surface area contributed by atoms with Crippen molar-refractivity contribution in [2.24, 2.45) is 0 Å². The fourth-order valence-corrected chi connectivity index (χ4v) is 3.24. The lowest BCUT2D eigenvalue weighted by atomic mass is 9.94. The van der Waals surface area contributed by atoms with Crippen LogP contribution < -0.4 is 15.1 Å². The standard InChI is InChI=1S/C20H16O5/c1-11-7-20(22)25-18-10-19-14(8-13(11)18)15(21)9-17(24-19)12-5-3-4-6-16(12)23-2/h3-8,10,17H,9H2,1-2H3. The normalized spacial score (nSPS) is 16.4. The third-order valence-corrected chi connectivity index (χ3v) is 4.48. The van der Waals surface area contributed by atoms with Gasteiger partial charge in [-0.05, 0) is 24.6 Å². The van der Waals surface area contributed by atoms with Crippen LogP contribution in [0.3, 0.4) is 0 Å². The van der Waals surface area contributed by atoms with Crippen LogP contribution in [0, 0.1) is 6.92 Å². The molecular formula is C20H16O5. The van der Waals surface area contributed by atoms with Gasteiger partial charge in [-0.2, -0.15) is 0 Å². The van der Waals surface area contributed by atoms with E-state index in [2.05, 4.69) is 0 Å². The van der Waals surface area contributed by atoms with Gasteiger partial charge in [-0.1, -0.05) is 18.2 Å². The van der Waals surface area contributed by atoms with E-state index >= 15 is 0 Å². The molecule has 0 N–H and O–H groups in total. The van der Waals surface area contributed by atoms with Crippen LogP contribution in [0.1, 0.15) is 34.0 Å². The molecule has 5 heteroatoms. The summed E-state index contributed by atoms with van der Waals surface area (Å²) in [6.07, 6.45) is -0.209. The maximum Gasteiger partial charge on any atom is 0.336 e. The third kappa shape index (κ3) is 2.58. The topological polar surface area (TPSA) is 65.7 Å². The van der Waals surface area contributed by atoms with Crippen molar-refractivity contribution in [1.82, 2.24) is 0 Å². The first-order chi connectivity index (χ1) is 12.1. The Balaban J connectivity index is 1.84. The Hall–Kier alpha value is -3.08. The Bertz CT molecular complexity index is 1050. The Labute approximate surface area is 143 Å². The Kier molecular flexibility index (Phi) is 3.57. The second-order valence-electron chi connectivity index (χ2n) is 6.07. The minimum absolute atomic E-state index is 0.00958. The summed E-state index contributed by atoms with van der Waals surface area (Å²) in [5.41, 5.74) is 2.09. The number of fused-ring (bicyclic) bond motifs is 2. The van der Waals surface area contributed by atoms with Crippen LogP contribution in [-0.2, 0) is 0 Å². The van der Waals surface area contributed by atoms with Gasteiger partial charge >= 0.3 is 5.63 Å². The summed E-state index contributed by atoms with van der Waals surface area (Å²) >= 11 is 0. The molecule has 0 fully saturated rings. The molecule has 1 atom stereocenters. The van der Waals surface area contributed by atoms with Crippen molar-refractivity contribution in [2.45, 2.75) is 19.4 Å².